The van der Waals surface area contributed by atoms with E-state index in [1.165, 1.54) is 19.2 Å². The summed E-state index contributed by atoms with van der Waals surface area (Å²) in [4.78, 5) is 41.0. The maximum Gasteiger partial charge on any atom is 0.328 e. The number of carbonyl (C=O) groups excluding carboxylic acids is 1. The molecule has 10 heteroatoms. The average Bonchev–Trinajstić information content (AvgIpc) is 3.19. The molecule has 2 aliphatic heterocycles. The second kappa shape index (κ2) is 13.3. The van der Waals surface area contributed by atoms with Crippen LogP contribution in [0.5, 0.6) is 0 Å². The third-order valence-corrected chi connectivity index (χ3v) is 6.20. The number of aliphatic carboxylic acids is 2. The Morgan fingerprint density at radius 2 is 1.68 bits per heavy atom. The number of carboxylic acid groups (broad SMARTS) is 2. The number of benzene rings is 2. The van der Waals surface area contributed by atoms with Crippen molar-refractivity contribution in [1.29, 1.82) is 0 Å². The van der Waals surface area contributed by atoms with Gasteiger partial charge in [-0.05, 0) is 55.6 Å². The summed E-state index contributed by atoms with van der Waals surface area (Å²) in [5.41, 5.74) is 3.66. The van der Waals surface area contributed by atoms with E-state index in [-0.39, 0.29) is 11.7 Å². The van der Waals surface area contributed by atoms with E-state index in [9.17, 15) is 18.8 Å². The standard InChI is InChI=1S/C23H26FN3O2.C4H4O4/c1-29-25-22(18-6-8-20(24)9-7-18)16-26-12-10-17(11-13-26)14-27-15-19-4-2-3-5-21(19)23(27)28;5-3(6)1-2-4(7)8/h2-9,17H,10-16H2,1H3;1-2H,(H,5,6)(H,7,8)/b25-22-;2-1+. The molecule has 0 radical (unpaired) electrons. The van der Waals surface area contributed by atoms with Gasteiger partial charge in [0, 0.05) is 42.9 Å². The number of fused-ring (bicyclic) bond motifs is 1. The van der Waals surface area contributed by atoms with Crippen LogP contribution in [0.2, 0.25) is 0 Å². The molecule has 2 heterocycles. The molecule has 0 aliphatic carbocycles. The van der Waals surface area contributed by atoms with Crippen molar-refractivity contribution in [2.75, 3.05) is 33.3 Å². The van der Waals surface area contributed by atoms with Gasteiger partial charge in [0.2, 0.25) is 0 Å². The van der Waals surface area contributed by atoms with Crippen LogP contribution in [-0.2, 0) is 21.0 Å². The molecular formula is C27H30FN3O6. The Balaban J connectivity index is 0.000000414. The van der Waals surface area contributed by atoms with E-state index in [0.717, 1.165) is 61.4 Å². The highest BCUT2D eigenvalue weighted by Crippen LogP contribution is 2.26. The number of carbonyl (C=O) groups is 3. The van der Waals surface area contributed by atoms with E-state index in [2.05, 4.69) is 10.1 Å². The van der Waals surface area contributed by atoms with Crippen molar-refractivity contribution in [3.05, 3.63) is 83.2 Å². The predicted octanol–water partition coefficient (Wildman–Crippen LogP) is 3.26. The number of hydrogen-bond donors (Lipinski definition) is 2. The van der Waals surface area contributed by atoms with Crippen LogP contribution in [0.15, 0.2) is 65.8 Å². The lowest BCUT2D eigenvalue weighted by atomic mass is 9.95. The van der Waals surface area contributed by atoms with Gasteiger partial charge < -0.3 is 20.0 Å². The lowest BCUT2D eigenvalue weighted by molar-refractivity contribution is -0.134. The molecule has 37 heavy (non-hydrogen) atoms. The zero-order valence-electron chi connectivity index (χ0n) is 20.5. The molecule has 0 unspecified atom stereocenters. The quantitative estimate of drug-likeness (QED) is 0.317. The molecule has 9 nitrogen and oxygen atoms in total. The van der Waals surface area contributed by atoms with E-state index in [4.69, 9.17) is 15.1 Å². The van der Waals surface area contributed by atoms with E-state index in [1.807, 2.05) is 29.2 Å². The van der Waals surface area contributed by atoms with Crippen LogP contribution in [0, 0.1) is 11.7 Å². The van der Waals surface area contributed by atoms with Gasteiger partial charge in [-0.25, -0.2) is 14.0 Å². The summed E-state index contributed by atoms with van der Waals surface area (Å²) >= 11 is 0. The zero-order chi connectivity index (χ0) is 26.8. The van der Waals surface area contributed by atoms with Crippen molar-refractivity contribution in [2.45, 2.75) is 19.4 Å². The van der Waals surface area contributed by atoms with Crippen LogP contribution in [0.1, 0.15) is 34.3 Å². The Hall–Kier alpha value is -4.05. The van der Waals surface area contributed by atoms with Gasteiger partial charge in [0.1, 0.15) is 18.6 Å². The summed E-state index contributed by atoms with van der Waals surface area (Å²) in [6.45, 7) is 4.11. The minimum Gasteiger partial charge on any atom is -0.478 e. The molecule has 1 saturated heterocycles. The lowest BCUT2D eigenvalue weighted by Crippen LogP contribution is -2.41. The van der Waals surface area contributed by atoms with Gasteiger partial charge >= 0.3 is 11.9 Å². The summed E-state index contributed by atoms with van der Waals surface area (Å²) in [6, 6.07) is 14.2. The van der Waals surface area contributed by atoms with Gasteiger partial charge in [0.05, 0.1) is 0 Å². The number of hydrogen-bond acceptors (Lipinski definition) is 6. The molecule has 0 spiro atoms. The fourth-order valence-corrected chi connectivity index (χ4v) is 4.38. The minimum absolute atomic E-state index is 0.161. The van der Waals surface area contributed by atoms with Crippen LogP contribution in [-0.4, -0.2) is 76.9 Å². The maximum absolute atomic E-state index is 13.2. The summed E-state index contributed by atoms with van der Waals surface area (Å²) < 4.78 is 13.2. The zero-order valence-corrected chi connectivity index (χ0v) is 20.5. The fourth-order valence-electron chi connectivity index (χ4n) is 4.38. The highest BCUT2D eigenvalue weighted by molar-refractivity contribution is 6.01. The monoisotopic (exact) mass is 511 g/mol. The number of halogens is 1. The first-order chi connectivity index (χ1) is 17.8. The lowest BCUT2D eigenvalue weighted by Gasteiger charge is -2.34. The Morgan fingerprint density at radius 1 is 1.05 bits per heavy atom. The Morgan fingerprint density at radius 3 is 2.24 bits per heavy atom. The van der Waals surface area contributed by atoms with Crippen molar-refractivity contribution in [3.63, 3.8) is 0 Å². The number of nitrogens with zero attached hydrogens (tertiary/aromatic N) is 3. The maximum atomic E-state index is 13.2. The van der Waals surface area contributed by atoms with E-state index >= 15 is 0 Å². The second-order valence-electron chi connectivity index (χ2n) is 8.80. The van der Waals surface area contributed by atoms with Crippen molar-refractivity contribution in [1.82, 2.24) is 9.80 Å². The molecule has 196 valence electrons. The Kier molecular flexibility index (Phi) is 9.91. The molecule has 4 rings (SSSR count). The summed E-state index contributed by atoms with van der Waals surface area (Å²) in [6.07, 6.45) is 3.21. The molecular weight excluding hydrogens is 481 g/mol. The largest absolute Gasteiger partial charge is 0.478 e. The van der Waals surface area contributed by atoms with Crippen LogP contribution < -0.4 is 0 Å². The predicted molar refractivity (Wildman–Crippen MR) is 135 cm³/mol. The number of carboxylic acids is 2. The van der Waals surface area contributed by atoms with Crippen molar-refractivity contribution < 1.29 is 33.8 Å². The number of piperidine rings is 1. The van der Waals surface area contributed by atoms with Crippen LogP contribution >= 0.6 is 0 Å². The highest BCUT2D eigenvalue weighted by Gasteiger charge is 2.30. The van der Waals surface area contributed by atoms with Crippen molar-refractivity contribution in [2.24, 2.45) is 11.1 Å². The number of oxime groups is 1. The summed E-state index contributed by atoms with van der Waals surface area (Å²) in [7, 11) is 1.53. The summed E-state index contributed by atoms with van der Waals surface area (Å²) in [5.74, 6) is -2.10. The third kappa shape index (κ3) is 8.25. The van der Waals surface area contributed by atoms with Crippen LogP contribution in [0.4, 0.5) is 4.39 Å². The van der Waals surface area contributed by atoms with E-state index < -0.39 is 11.9 Å². The van der Waals surface area contributed by atoms with Gasteiger partial charge in [-0.15, -0.1) is 0 Å². The second-order valence-corrected chi connectivity index (χ2v) is 8.80. The van der Waals surface area contributed by atoms with Crippen LogP contribution in [0.25, 0.3) is 0 Å². The van der Waals surface area contributed by atoms with Gasteiger partial charge in [0.15, 0.2) is 0 Å². The molecule has 2 aromatic rings. The molecule has 0 saturated carbocycles. The molecule has 2 aromatic carbocycles. The molecule has 1 fully saturated rings. The molecule has 0 bridgehead atoms. The van der Waals surface area contributed by atoms with Gasteiger partial charge in [0.25, 0.3) is 5.91 Å². The molecule has 1 amide bonds. The summed E-state index contributed by atoms with van der Waals surface area (Å²) in [5, 5.41) is 19.8. The highest BCUT2D eigenvalue weighted by atomic mass is 19.1. The van der Waals surface area contributed by atoms with E-state index in [1.54, 1.807) is 12.1 Å². The Bertz CT molecular complexity index is 1140. The first-order valence-corrected chi connectivity index (χ1v) is 11.9. The minimum atomic E-state index is -1.26. The van der Waals surface area contributed by atoms with E-state index in [0.29, 0.717) is 24.6 Å². The molecule has 0 aromatic heterocycles. The number of rotatable bonds is 8. The molecule has 2 N–H and O–H groups in total. The first kappa shape index (κ1) is 27.5. The van der Waals surface area contributed by atoms with Crippen molar-refractivity contribution >= 4 is 23.6 Å². The van der Waals surface area contributed by atoms with Crippen LogP contribution in [0.3, 0.4) is 0 Å². The number of likely N-dealkylation sites (tertiary alicyclic amines) is 1. The molecule has 0 atom stereocenters. The molecule has 2 aliphatic rings. The number of amides is 1. The SMILES string of the molecule is CO/N=C(/CN1CCC(CN2Cc3ccccc3C2=O)CC1)c1ccc(F)cc1.O=C(O)/C=C/C(=O)O. The topological polar surface area (TPSA) is 120 Å². The van der Waals surface area contributed by atoms with Crippen molar-refractivity contribution in [3.8, 4) is 0 Å². The Labute approximate surface area is 214 Å². The van der Waals surface area contributed by atoms with Gasteiger partial charge in [-0.1, -0.05) is 35.5 Å². The third-order valence-electron chi connectivity index (χ3n) is 6.20. The first-order valence-electron chi connectivity index (χ1n) is 11.9. The fraction of sp³-hybridized carbons (Fsp3) is 0.333. The smallest absolute Gasteiger partial charge is 0.328 e. The van der Waals surface area contributed by atoms with Gasteiger partial charge in [-0.3, -0.25) is 9.69 Å². The van der Waals surface area contributed by atoms with Gasteiger partial charge in [-0.2, -0.15) is 0 Å². The average molecular weight is 512 g/mol. The normalized spacial score (nSPS) is 16.3.